The lowest BCUT2D eigenvalue weighted by atomic mass is 9.62. The maximum Gasteiger partial charge on any atom is 0.0158 e. The zero-order chi connectivity index (χ0) is 11.6. The van der Waals surface area contributed by atoms with Crippen LogP contribution < -0.4 is 5.32 Å². The van der Waals surface area contributed by atoms with E-state index in [0.717, 1.165) is 5.92 Å². The van der Waals surface area contributed by atoms with Crippen LogP contribution >= 0.6 is 0 Å². The quantitative estimate of drug-likeness (QED) is 0.711. The number of hydrogen-bond donors (Lipinski definition) is 1. The summed E-state index contributed by atoms with van der Waals surface area (Å²) in [5.74, 6) is 1.51. The van der Waals surface area contributed by atoms with Gasteiger partial charge in [-0.25, -0.2) is 0 Å². The first-order valence-corrected chi connectivity index (χ1v) is 6.72. The molecule has 0 bridgehead atoms. The Morgan fingerprint density at radius 2 is 1.94 bits per heavy atom. The van der Waals surface area contributed by atoms with E-state index in [0.29, 0.717) is 17.4 Å². The van der Waals surface area contributed by atoms with Gasteiger partial charge >= 0.3 is 0 Å². The summed E-state index contributed by atoms with van der Waals surface area (Å²) in [5, 5.41) is 3.55. The molecule has 0 saturated heterocycles. The third kappa shape index (κ3) is 1.98. The smallest absolute Gasteiger partial charge is 0.0158 e. The van der Waals surface area contributed by atoms with Crippen molar-refractivity contribution in [1.82, 2.24) is 5.32 Å². The van der Waals surface area contributed by atoms with Gasteiger partial charge in [0.25, 0.3) is 0 Å². The van der Waals surface area contributed by atoms with Crippen LogP contribution in [0.5, 0.6) is 0 Å². The minimum absolute atomic E-state index is 0.309. The molecule has 0 aromatic heterocycles. The Labute approximate surface area is 100 Å². The fourth-order valence-electron chi connectivity index (χ4n) is 3.68. The summed E-state index contributed by atoms with van der Waals surface area (Å²) in [4.78, 5) is 0. The summed E-state index contributed by atoms with van der Waals surface area (Å²) in [6.07, 6.45) is 14.8. The van der Waals surface area contributed by atoms with E-state index in [1.807, 2.05) is 0 Å². The topological polar surface area (TPSA) is 12.0 Å². The molecule has 0 aromatic carbocycles. The Morgan fingerprint density at radius 1 is 1.19 bits per heavy atom. The van der Waals surface area contributed by atoms with Gasteiger partial charge < -0.3 is 5.32 Å². The maximum absolute atomic E-state index is 3.55. The van der Waals surface area contributed by atoms with E-state index in [-0.39, 0.29) is 0 Å². The number of allylic oxidation sites excluding steroid dienone is 3. The minimum atomic E-state index is 0.309. The largest absolute Gasteiger partial charge is 0.316 e. The minimum Gasteiger partial charge on any atom is -0.316 e. The molecule has 1 nitrogen and oxygen atoms in total. The Bertz CT molecular complexity index is 292. The van der Waals surface area contributed by atoms with E-state index in [1.54, 1.807) is 0 Å². The summed E-state index contributed by atoms with van der Waals surface area (Å²) in [6, 6.07) is 0.626. The molecule has 1 N–H and O–H groups in total. The molecule has 16 heavy (non-hydrogen) atoms. The van der Waals surface area contributed by atoms with Crippen LogP contribution in [0, 0.1) is 17.3 Å². The summed E-state index contributed by atoms with van der Waals surface area (Å²) in [5.41, 5.74) is 0.309. The fourth-order valence-corrected chi connectivity index (χ4v) is 3.68. The van der Waals surface area contributed by atoms with Crippen molar-refractivity contribution < 1.29 is 0 Å². The average Bonchev–Trinajstić information content (AvgIpc) is 2.27. The number of nitrogens with one attached hydrogen (secondary N) is 1. The van der Waals surface area contributed by atoms with Gasteiger partial charge in [0.15, 0.2) is 0 Å². The Kier molecular flexibility index (Phi) is 3.53. The summed E-state index contributed by atoms with van der Waals surface area (Å²) in [6.45, 7) is 4.85. The molecule has 2 aliphatic carbocycles. The second kappa shape index (κ2) is 4.75. The van der Waals surface area contributed by atoms with Crippen molar-refractivity contribution in [3.8, 4) is 0 Å². The SMILES string of the molecule is CNC1CCCCC(C)C2C=CC=CC12C. The predicted molar refractivity (Wildman–Crippen MR) is 70.4 cm³/mol. The van der Waals surface area contributed by atoms with Gasteiger partial charge in [0.1, 0.15) is 0 Å². The van der Waals surface area contributed by atoms with Crippen LogP contribution in [0.25, 0.3) is 0 Å². The highest BCUT2D eigenvalue weighted by Crippen LogP contribution is 2.45. The van der Waals surface area contributed by atoms with E-state index >= 15 is 0 Å². The first kappa shape index (κ1) is 11.9. The Morgan fingerprint density at radius 3 is 2.69 bits per heavy atom. The van der Waals surface area contributed by atoms with Crippen molar-refractivity contribution in [2.45, 2.75) is 45.6 Å². The molecule has 0 amide bonds. The molecular weight excluding hydrogens is 194 g/mol. The first-order valence-electron chi connectivity index (χ1n) is 6.72. The number of rotatable bonds is 1. The Balaban J connectivity index is 2.30. The van der Waals surface area contributed by atoms with Crippen molar-refractivity contribution in [2.75, 3.05) is 7.05 Å². The van der Waals surface area contributed by atoms with Gasteiger partial charge in [0.05, 0.1) is 0 Å². The Hall–Kier alpha value is -0.560. The molecule has 0 aromatic rings. The zero-order valence-corrected chi connectivity index (χ0v) is 10.9. The van der Waals surface area contributed by atoms with E-state index < -0.39 is 0 Å². The van der Waals surface area contributed by atoms with Crippen LogP contribution in [-0.4, -0.2) is 13.1 Å². The third-order valence-corrected chi connectivity index (χ3v) is 4.72. The lowest BCUT2D eigenvalue weighted by Crippen LogP contribution is -2.48. The van der Waals surface area contributed by atoms with E-state index in [4.69, 9.17) is 0 Å². The fraction of sp³-hybridized carbons (Fsp3) is 0.733. The van der Waals surface area contributed by atoms with Crippen molar-refractivity contribution in [3.05, 3.63) is 24.3 Å². The number of fused-ring (bicyclic) bond motifs is 1. The van der Waals surface area contributed by atoms with Crippen LogP contribution in [0.2, 0.25) is 0 Å². The van der Waals surface area contributed by atoms with Gasteiger partial charge in [-0.3, -0.25) is 0 Å². The number of hydrogen-bond acceptors (Lipinski definition) is 1. The molecule has 1 fully saturated rings. The molecule has 1 heteroatoms. The van der Waals surface area contributed by atoms with Crippen LogP contribution in [0.3, 0.4) is 0 Å². The zero-order valence-electron chi connectivity index (χ0n) is 10.9. The molecule has 90 valence electrons. The molecule has 2 aliphatic rings. The van der Waals surface area contributed by atoms with Gasteiger partial charge in [0, 0.05) is 11.5 Å². The van der Waals surface area contributed by atoms with E-state index in [2.05, 4.69) is 50.5 Å². The lowest BCUT2D eigenvalue weighted by Gasteiger charge is -2.46. The summed E-state index contributed by atoms with van der Waals surface area (Å²) >= 11 is 0. The molecule has 1 saturated carbocycles. The molecule has 2 rings (SSSR count). The average molecular weight is 219 g/mol. The van der Waals surface area contributed by atoms with Crippen molar-refractivity contribution in [1.29, 1.82) is 0 Å². The standard InChI is InChI=1S/C15H25N/c1-12-8-4-5-10-14(16-3)15(2)11-7-6-9-13(12)15/h6-7,9,11-14,16H,4-5,8,10H2,1-3H3. The lowest BCUT2D eigenvalue weighted by molar-refractivity contribution is 0.136. The predicted octanol–water partition coefficient (Wildman–Crippen LogP) is 3.53. The highest BCUT2D eigenvalue weighted by molar-refractivity contribution is 5.22. The molecule has 0 spiro atoms. The van der Waals surface area contributed by atoms with Gasteiger partial charge in [-0.05, 0) is 25.3 Å². The van der Waals surface area contributed by atoms with Gasteiger partial charge in [-0.2, -0.15) is 0 Å². The van der Waals surface area contributed by atoms with Crippen molar-refractivity contribution in [2.24, 2.45) is 17.3 Å². The second-order valence-electron chi connectivity index (χ2n) is 5.74. The van der Waals surface area contributed by atoms with Crippen LogP contribution in [-0.2, 0) is 0 Å². The monoisotopic (exact) mass is 219 g/mol. The van der Waals surface area contributed by atoms with Gasteiger partial charge in [0.2, 0.25) is 0 Å². The molecular formula is C15H25N. The highest BCUT2D eigenvalue weighted by Gasteiger charge is 2.41. The van der Waals surface area contributed by atoms with Crippen LogP contribution in [0.4, 0.5) is 0 Å². The third-order valence-electron chi connectivity index (χ3n) is 4.72. The normalized spacial score (nSPS) is 43.6. The molecule has 0 heterocycles. The summed E-state index contributed by atoms with van der Waals surface area (Å²) < 4.78 is 0. The van der Waals surface area contributed by atoms with Gasteiger partial charge in [-0.1, -0.05) is 57.4 Å². The second-order valence-corrected chi connectivity index (χ2v) is 5.74. The van der Waals surface area contributed by atoms with Crippen LogP contribution in [0.15, 0.2) is 24.3 Å². The first-order chi connectivity index (χ1) is 7.68. The van der Waals surface area contributed by atoms with E-state index in [1.165, 1.54) is 25.7 Å². The van der Waals surface area contributed by atoms with Crippen molar-refractivity contribution >= 4 is 0 Å². The maximum atomic E-state index is 3.55. The van der Waals surface area contributed by atoms with Crippen molar-refractivity contribution in [3.63, 3.8) is 0 Å². The molecule has 4 unspecified atom stereocenters. The molecule has 0 radical (unpaired) electrons. The van der Waals surface area contributed by atoms with E-state index in [9.17, 15) is 0 Å². The molecule has 4 atom stereocenters. The molecule has 0 aliphatic heterocycles. The van der Waals surface area contributed by atoms with Gasteiger partial charge in [-0.15, -0.1) is 0 Å². The van der Waals surface area contributed by atoms with Crippen LogP contribution in [0.1, 0.15) is 39.5 Å². The summed E-state index contributed by atoms with van der Waals surface area (Å²) in [7, 11) is 2.12. The highest BCUT2D eigenvalue weighted by atomic mass is 14.9.